The van der Waals surface area contributed by atoms with Gasteiger partial charge >= 0.3 is 0 Å². The van der Waals surface area contributed by atoms with E-state index < -0.39 is 0 Å². The first-order chi connectivity index (χ1) is 9.38. The van der Waals surface area contributed by atoms with Gasteiger partial charge in [0, 0.05) is 23.1 Å². The molecule has 110 valence electrons. The Bertz CT molecular complexity index is 684. The van der Waals surface area contributed by atoms with Gasteiger partial charge in [-0.15, -0.1) is 36.2 Å². The lowest BCUT2D eigenvalue weighted by atomic mass is 10.1. The quantitative estimate of drug-likeness (QED) is 0.746. The van der Waals surface area contributed by atoms with Gasteiger partial charge in [-0.1, -0.05) is 54.6 Å². The van der Waals surface area contributed by atoms with E-state index in [4.69, 9.17) is 10.7 Å². The number of rotatable bonds is 3. The van der Waals surface area contributed by atoms with Crippen LogP contribution in [0.3, 0.4) is 0 Å². The smallest absolute Gasteiger partial charge is 0.124 e. The van der Waals surface area contributed by atoms with Crippen LogP contribution in [0.1, 0.15) is 5.56 Å². The van der Waals surface area contributed by atoms with Crippen LogP contribution in [-0.2, 0) is 6.54 Å². The topological polar surface area (TPSA) is 38.9 Å². The summed E-state index contributed by atoms with van der Waals surface area (Å²) in [6, 6.07) is 18.4. The standard InChI is InChI=1S/C16H14N2S.2ClH/c17-10-13-8-4-5-9-14(13)16-18-15(11-19-16)12-6-2-1-3-7-12;;/h1-9,11H,10,17H2;2*1H. The number of benzene rings is 2. The Balaban J connectivity index is 0.00000110. The fourth-order valence-corrected chi connectivity index (χ4v) is 2.94. The largest absolute Gasteiger partial charge is 0.326 e. The summed E-state index contributed by atoms with van der Waals surface area (Å²) in [6.07, 6.45) is 0. The number of hydrogen-bond donors (Lipinski definition) is 1. The summed E-state index contributed by atoms with van der Waals surface area (Å²) in [5, 5.41) is 3.12. The summed E-state index contributed by atoms with van der Waals surface area (Å²) in [7, 11) is 0. The molecule has 2 nitrogen and oxygen atoms in total. The predicted molar refractivity (Wildman–Crippen MR) is 95.4 cm³/mol. The third kappa shape index (κ3) is 3.83. The maximum atomic E-state index is 5.78. The summed E-state index contributed by atoms with van der Waals surface area (Å²) >= 11 is 1.66. The van der Waals surface area contributed by atoms with Gasteiger partial charge in [0.25, 0.3) is 0 Å². The average molecular weight is 339 g/mol. The molecule has 0 aliphatic heterocycles. The first kappa shape index (κ1) is 17.7. The molecule has 5 heteroatoms. The van der Waals surface area contributed by atoms with Crippen molar-refractivity contribution in [1.82, 2.24) is 4.98 Å². The number of thiazole rings is 1. The molecule has 0 bridgehead atoms. The van der Waals surface area contributed by atoms with Crippen molar-refractivity contribution < 1.29 is 0 Å². The number of aromatic nitrogens is 1. The lowest BCUT2D eigenvalue weighted by Gasteiger charge is -2.03. The zero-order chi connectivity index (χ0) is 13.1. The van der Waals surface area contributed by atoms with Crippen molar-refractivity contribution in [1.29, 1.82) is 0 Å². The van der Waals surface area contributed by atoms with Crippen molar-refractivity contribution in [2.75, 3.05) is 0 Å². The van der Waals surface area contributed by atoms with E-state index in [1.54, 1.807) is 11.3 Å². The van der Waals surface area contributed by atoms with Gasteiger partial charge in [0.15, 0.2) is 0 Å². The van der Waals surface area contributed by atoms with Crippen LogP contribution in [0.4, 0.5) is 0 Å². The van der Waals surface area contributed by atoms with E-state index in [9.17, 15) is 0 Å². The van der Waals surface area contributed by atoms with Crippen molar-refractivity contribution in [2.45, 2.75) is 6.54 Å². The fraction of sp³-hybridized carbons (Fsp3) is 0.0625. The molecule has 3 rings (SSSR count). The first-order valence-corrected chi connectivity index (χ1v) is 7.06. The summed E-state index contributed by atoms with van der Waals surface area (Å²) in [4.78, 5) is 4.72. The Hall–Kier alpha value is -1.39. The summed E-state index contributed by atoms with van der Waals surface area (Å²) < 4.78 is 0. The average Bonchev–Trinajstić information content (AvgIpc) is 2.98. The molecule has 1 heterocycles. The summed E-state index contributed by atoms with van der Waals surface area (Å²) in [5.41, 5.74) is 10.2. The zero-order valence-electron chi connectivity index (χ0n) is 11.2. The molecule has 2 aromatic carbocycles. The Kier molecular flexibility index (Phi) is 6.85. The molecule has 0 saturated carbocycles. The molecule has 1 aromatic heterocycles. The Labute approximate surface area is 140 Å². The van der Waals surface area contributed by atoms with Crippen molar-refractivity contribution in [3.8, 4) is 21.8 Å². The van der Waals surface area contributed by atoms with E-state index in [-0.39, 0.29) is 24.8 Å². The minimum Gasteiger partial charge on any atom is -0.326 e. The molecule has 0 unspecified atom stereocenters. The van der Waals surface area contributed by atoms with Crippen molar-refractivity contribution >= 4 is 36.2 Å². The van der Waals surface area contributed by atoms with Gasteiger partial charge in [-0.25, -0.2) is 4.98 Å². The molecule has 0 aliphatic rings. The number of hydrogen-bond acceptors (Lipinski definition) is 3. The highest BCUT2D eigenvalue weighted by Gasteiger charge is 2.09. The minimum atomic E-state index is 0. The van der Waals surface area contributed by atoms with Gasteiger partial charge in [-0.2, -0.15) is 0 Å². The number of nitrogens with zero attached hydrogens (tertiary/aromatic N) is 1. The SMILES string of the molecule is Cl.Cl.NCc1ccccc1-c1nc(-c2ccccc2)cs1. The highest BCUT2D eigenvalue weighted by Crippen LogP contribution is 2.30. The third-order valence-electron chi connectivity index (χ3n) is 3.04. The zero-order valence-corrected chi connectivity index (χ0v) is 13.7. The lowest BCUT2D eigenvalue weighted by molar-refractivity contribution is 1.07. The summed E-state index contributed by atoms with van der Waals surface area (Å²) in [5.74, 6) is 0. The number of halogens is 2. The highest BCUT2D eigenvalue weighted by molar-refractivity contribution is 7.13. The van der Waals surface area contributed by atoms with Crippen LogP contribution in [0.2, 0.25) is 0 Å². The molecule has 0 spiro atoms. The van der Waals surface area contributed by atoms with E-state index in [0.29, 0.717) is 6.54 Å². The van der Waals surface area contributed by atoms with Gasteiger partial charge in [0.05, 0.1) is 5.69 Å². The van der Waals surface area contributed by atoms with Crippen LogP contribution in [0, 0.1) is 0 Å². The molecule has 0 amide bonds. The van der Waals surface area contributed by atoms with Crippen LogP contribution in [0.15, 0.2) is 60.0 Å². The van der Waals surface area contributed by atoms with E-state index >= 15 is 0 Å². The predicted octanol–water partition coefficient (Wildman–Crippen LogP) is 4.78. The normalized spacial score (nSPS) is 9.57. The van der Waals surface area contributed by atoms with Gasteiger partial charge < -0.3 is 5.73 Å². The molecule has 0 saturated heterocycles. The van der Waals surface area contributed by atoms with Crippen molar-refractivity contribution in [3.05, 3.63) is 65.5 Å². The van der Waals surface area contributed by atoms with Crippen LogP contribution in [0.5, 0.6) is 0 Å². The van der Waals surface area contributed by atoms with Crippen LogP contribution in [0.25, 0.3) is 21.8 Å². The summed E-state index contributed by atoms with van der Waals surface area (Å²) in [6.45, 7) is 0.538. The van der Waals surface area contributed by atoms with Crippen LogP contribution >= 0.6 is 36.2 Å². The molecule has 0 fully saturated rings. The van der Waals surface area contributed by atoms with Gasteiger partial charge in [-0.05, 0) is 5.56 Å². The van der Waals surface area contributed by atoms with Crippen LogP contribution < -0.4 is 5.73 Å². The second kappa shape index (κ2) is 8.15. The molecule has 3 aromatic rings. The third-order valence-corrected chi connectivity index (χ3v) is 3.92. The van der Waals surface area contributed by atoms with Gasteiger partial charge in [-0.3, -0.25) is 0 Å². The Morgan fingerprint density at radius 1 is 0.905 bits per heavy atom. The minimum absolute atomic E-state index is 0. The fourth-order valence-electron chi connectivity index (χ4n) is 2.05. The molecule has 0 radical (unpaired) electrons. The number of nitrogens with two attached hydrogens (primary N) is 1. The second-order valence-electron chi connectivity index (χ2n) is 4.27. The molecule has 2 N–H and O–H groups in total. The van der Waals surface area contributed by atoms with Crippen molar-refractivity contribution in [2.24, 2.45) is 5.73 Å². The molecule has 0 aliphatic carbocycles. The van der Waals surface area contributed by atoms with E-state index in [2.05, 4.69) is 29.6 Å². The Morgan fingerprint density at radius 2 is 1.57 bits per heavy atom. The van der Waals surface area contributed by atoms with E-state index in [1.165, 1.54) is 0 Å². The first-order valence-electron chi connectivity index (χ1n) is 6.18. The van der Waals surface area contributed by atoms with Gasteiger partial charge in [0.2, 0.25) is 0 Å². The van der Waals surface area contributed by atoms with Crippen molar-refractivity contribution in [3.63, 3.8) is 0 Å². The lowest BCUT2D eigenvalue weighted by Crippen LogP contribution is -1.98. The maximum absolute atomic E-state index is 5.78. The maximum Gasteiger partial charge on any atom is 0.124 e. The molecular weight excluding hydrogens is 323 g/mol. The molecule has 21 heavy (non-hydrogen) atoms. The van der Waals surface area contributed by atoms with E-state index in [0.717, 1.165) is 27.4 Å². The molecule has 0 atom stereocenters. The highest BCUT2D eigenvalue weighted by atomic mass is 35.5. The second-order valence-corrected chi connectivity index (χ2v) is 5.12. The Morgan fingerprint density at radius 3 is 2.29 bits per heavy atom. The van der Waals surface area contributed by atoms with Gasteiger partial charge in [0.1, 0.15) is 5.01 Å². The molecular formula is C16H16Cl2N2S. The van der Waals surface area contributed by atoms with E-state index in [1.807, 2.05) is 30.3 Å². The monoisotopic (exact) mass is 338 g/mol. The van der Waals surface area contributed by atoms with Crippen LogP contribution in [-0.4, -0.2) is 4.98 Å².